The molecule has 0 radical (unpaired) electrons. The van der Waals surface area contributed by atoms with Crippen LogP contribution in [0.1, 0.15) is 37.4 Å². The molecule has 1 N–H and O–H groups in total. The third-order valence-electron chi connectivity index (χ3n) is 5.65. The summed E-state index contributed by atoms with van der Waals surface area (Å²) in [5.74, 6) is -0.885. The number of benzene rings is 4. The van der Waals surface area contributed by atoms with E-state index in [4.69, 9.17) is 23.2 Å². The van der Waals surface area contributed by atoms with Gasteiger partial charge in [-0.1, -0.05) is 90.0 Å². The zero-order chi connectivity index (χ0) is 25.7. The first kappa shape index (κ1) is 25.2. The molecule has 5 heteroatoms. The van der Waals surface area contributed by atoms with E-state index in [1.807, 2.05) is 42.5 Å². The summed E-state index contributed by atoms with van der Waals surface area (Å²) in [5, 5.41) is 12.1. The van der Waals surface area contributed by atoms with Gasteiger partial charge in [0.1, 0.15) is 5.75 Å². The van der Waals surface area contributed by atoms with Crippen molar-refractivity contribution in [3.05, 3.63) is 135 Å². The number of rotatable bonds is 7. The van der Waals surface area contributed by atoms with Crippen LogP contribution in [0.4, 0.5) is 0 Å². The Balaban J connectivity index is 1.82. The molecule has 0 aliphatic rings. The smallest absolute Gasteiger partial charge is 0.190 e. The van der Waals surface area contributed by atoms with Crippen LogP contribution in [0, 0.1) is 6.92 Å². The number of allylic oxidation sites excluding steroid dienone is 2. The Hall–Kier alpha value is -3.92. The molecule has 36 heavy (non-hydrogen) atoms. The van der Waals surface area contributed by atoms with E-state index in [1.54, 1.807) is 55.5 Å². The molecule has 0 saturated carbocycles. The monoisotopic (exact) mass is 512 g/mol. The average Bonchev–Trinajstić information content (AvgIpc) is 2.87. The minimum absolute atomic E-state index is 0.0697. The Morgan fingerprint density at radius 2 is 1.17 bits per heavy atom. The number of halogens is 2. The summed E-state index contributed by atoms with van der Waals surface area (Å²) in [6.45, 7) is 1.74. The fourth-order valence-electron chi connectivity index (χ4n) is 3.92. The summed E-state index contributed by atoms with van der Waals surface area (Å²) >= 11 is 11.9. The summed E-state index contributed by atoms with van der Waals surface area (Å²) in [6.07, 6.45) is 6.20. The molecule has 0 saturated heterocycles. The van der Waals surface area contributed by atoms with E-state index in [9.17, 15) is 14.7 Å². The van der Waals surface area contributed by atoms with Gasteiger partial charge in [0, 0.05) is 21.2 Å². The van der Waals surface area contributed by atoms with Gasteiger partial charge in [-0.3, -0.25) is 9.59 Å². The van der Waals surface area contributed by atoms with Gasteiger partial charge < -0.3 is 5.11 Å². The SMILES string of the molecule is Cc1cc(O)c(C(=O)/C=C/c2ccc(Cl)cc2)c(-c2ccccc2)c1C(=O)/C=C/c1ccc(Cl)cc1. The molecule has 3 nitrogen and oxygen atoms in total. The lowest BCUT2D eigenvalue weighted by atomic mass is 9.86. The molecule has 0 unspecified atom stereocenters. The molecule has 0 spiro atoms. The zero-order valence-corrected chi connectivity index (χ0v) is 20.9. The van der Waals surface area contributed by atoms with Gasteiger partial charge in [0.15, 0.2) is 11.6 Å². The van der Waals surface area contributed by atoms with Crippen molar-refractivity contribution in [1.29, 1.82) is 0 Å². The molecule has 0 fully saturated rings. The number of aryl methyl sites for hydroxylation is 1. The second-order valence-corrected chi connectivity index (χ2v) is 9.07. The largest absolute Gasteiger partial charge is 0.507 e. The lowest BCUT2D eigenvalue weighted by Crippen LogP contribution is -2.08. The predicted octanol–water partition coefficient (Wildman–Crippen LogP) is 8.47. The fraction of sp³-hybridized carbons (Fsp3) is 0.0323. The van der Waals surface area contributed by atoms with Gasteiger partial charge >= 0.3 is 0 Å². The summed E-state index contributed by atoms with van der Waals surface area (Å²) < 4.78 is 0. The van der Waals surface area contributed by atoms with Crippen molar-refractivity contribution < 1.29 is 14.7 Å². The van der Waals surface area contributed by atoms with E-state index in [0.717, 1.165) is 11.1 Å². The molecule has 4 rings (SSSR count). The van der Waals surface area contributed by atoms with Crippen LogP contribution in [0.5, 0.6) is 5.75 Å². The third-order valence-corrected chi connectivity index (χ3v) is 6.16. The highest BCUT2D eigenvalue weighted by molar-refractivity contribution is 6.31. The summed E-state index contributed by atoms with van der Waals surface area (Å²) in [7, 11) is 0. The number of carbonyl (C=O) groups is 2. The topological polar surface area (TPSA) is 54.4 Å². The van der Waals surface area contributed by atoms with Gasteiger partial charge in [0.05, 0.1) is 5.56 Å². The van der Waals surface area contributed by atoms with Crippen LogP contribution in [0.25, 0.3) is 23.3 Å². The van der Waals surface area contributed by atoms with E-state index in [-0.39, 0.29) is 17.1 Å². The Bertz CT molecular complexity index is 1380. The number of aromatic hydroxyl groups is 1. The molecule has 0 bridgehead atoms. The van der Waals surface area contributed by atoms with Crippen molar-refractivity contribution >= 4 is 46.9 Å². The van der Waals surface area contributed by atoms with Gasteiger partial charge in [-0.25, -0.2) is 0 Å². The van der Waals surface area contributed by atoms with Crippen LogP contribution in [0.3, 0.4) is 0 Å². The van der Waals surface area contributed by atoms with E-state index in [2.05, 4.69) is 0 Å². The Morgan fingerprint density at radius 3 is 1.67 bits per heavy atom. The molecule has 0 amide bonds. The first-order valence-corrected chi connectivity index (χ1v) is 12.0. The Kier molecular flexibility index (Phi) is 7.84. The average molecular weight is 513 g/mol. The first-order chi connectivity index (χ1) is 17.3. The van der Waals surface area contributed by atoms with Crippen molar-refractivity contribution in [3.63, 3.8) is 0 Å². The molecular weight excluding hydrogens is 491 g/mol. The van der Waals surface area contributed by atoms with Crippen LogP contribution in [0.15, 0.2) is 97.1 Å². The number of phenols is 1. The van der Waals surface area contributed by atoms with Crippen LogP contribution in [-0.4, -0.2) is 16.7 Å². The van der Waals surface area contributed by atoms with E-state index >= 15 is 0 Å². The fourth-order valence-corrected chi connectivity index (χ4v) is 4.17. The molecule has 178 valence electrons. The van der Waals surface area contributed by atoms with Gasteiger partial charge in [0.2, 0.25) is 0 Å². The molecule has 0 aromatic heterocycles. The van der Waals surface area contributed by atoms with E-state index in [1.165, 1.54) is 18.2 Å². The number of carbonyl (C=O) groups excluding carboxylic acids is 2. The van der Waals surface area contributed by atoms with Crippen LogP contribution in [-0.2, 0) is 0 Å². The summed E-state index contributed by atoms with van der Waals surface area (Å²) in [4.78, 5) is 26.8. The number of ketones is 2. The maximum Gasteiger partial charge on any atom is 0.190 e. The highest BCUT2D eigenvalue weighted by Gasteiger charge is 2.24. The van der Waals surface area contributed by atoms with Crippen molar-refractivity contribution in [2.75, 3.05) is 0 Å². The molecule has 4 aromatic rings. The quantitative estimate of drug-likeness (QED) is 0.199. The van der Waals surface area contributed by atoms with Crippen LogP contribution < -0.4 is 0 Å². The summed E-state index contributed by atoms with van der Waals surface area (Å²) in [5.41, 5.74) is 3.63. The van der Waals surface area contributed by atoms with Crippen LogP contribution >= 0.6 is 23.2 Å². The third kappa shape index (κ3) is 5.83. The number of hydrogen-bond donors (Lipinski definition) is 1. The zero-order valence-electron chi connectivity index (χ0n) is 19.4. The number of phenolic OH excluding ortho intramolecular Hbond substituents is 1. The molecule has 4 aromatic carbocycles. The molecule has 0 aliphatic heterocycles. The standard InChI is InChI=1S/C31H22Cl2O3/c1-20-19-28(36)31(27(35)18-12-22-9-15-25(33)16-10-22)30(23-5-3-2-4-6-23)29(20)26(34)17-11-21-7-13-24(32)14-8-21/h2-19,36H,1H3/b17-11+,18-12+. The second-order valence-electron chi connectivity index (χ2n) is 8.20. The molecule has 0 atom stereocenters. The molecular formula is C31H22Cl2O3. The van der Waals surface area contributed by atoms with Gasteiger partial charge in [-0.15, -0.1) is 0 Å². The van der Waals surface area contributed by atoms with Crippen molar-refractivity contribution in [3.8, 4) is 16.9 Å². The van der Waals surface area contributed by atoms with Crippen molar-refractivity contribution in [2.45, 2.75) is 6.92 Å². The van der Waals surface area contributed by atoms with Crippen molar-refractivity contribution in [1.82, 2.24) is 0 Å². The first-order valence-electron chi connectivity index (χ1n) is 11.2. The highest BCUT2D eigenvalue weighted by Crippen LogP contribution is 2.37. The minimum atomic E-state index is -0.419. The van der Waals surface area contributed by atoms with E-state index < -0.39 is 5.78 Å². The highest BCUT2D eigenvalue weighted by atomic mass is 35.5. The maximum absolute atomic E-state index is 13.5. The molecule has 0 aliphatic carbocycles. The second kappa shape index (κ2) is 11.2. The maximum atomic E-state index is 13.5. The van der Waals surface area contributed by atoms with Gasteiger partial charge in [-0.05, 0) is 71.7 Å². The number of hydrogen-bond acceptors (Lipinski definition) is 3. The lowest BCUT2D eigenvalue weighted by Gasteiger charge is -2.16. The lowest BCUT2D eigenvalue weighted by molar-refractivity contribution is 0.104. The predicted molar refractivity (Wildman–Crippen MR) is 148 cm³/mol. The van der Waals surface area contributed by atoms with Crippen molar-refractivity contribution in [2.24, 2.45) is 0 Å². The Morgan fingerprint density at radius 1 is 0.694 bits per heavy atom. The van der Waals surface area contributed by atoms with Gasteiger partial charge in [-0.2, -0.15) is 0 Å². The van der Waals surface area contributed by atoms with E-state index in [0.29, 0.717) is 32.3 Å². The minimum Gasteiger partial charge on any atom is -0.507 e. The summed E-state index contributed by atoms with van der Waals surface area (Å²) in [6, 6.07) is 24.7. The van der Waals surface area contributed by atoms with Crippen LogP contribution in [0.2, 0.25) is 10.0 Å². The molecule has 0 heterocycles. The van der Waals surface area contributed by atoms with Gasteiger partial charge in [0.25, 0.3) is 0 Å². The Labute approximate surface area is 220 Å². The normalized spacial score (nSPS) is 11.3.